The highest BCUT2D eigenvalue weighted by Crippen LogP contribution is 2.60. The quantitative estimate of drug-likeness (QED) is 0.0604. The fraction of sp³-hybridized carbons (Fsp3) is 0.0952. The van der Waals surface area contributed by atoms with E-state index in [1.165, 1.54) is 60.7 Å². The Morgan fingerprint density at radius 1 is 0.377 bits per heavy atom. The molecule has 4 atom stereocenters. The SMILES string of the molecule is Oc1ccc(/C=C\c2c3c(cc4c2[C@@H](c2cc(O)cc(O)c2)[C@H](c2ccc(O)c(O)c2)O4)O[C@H](c2ccc(O)c(O)c2)[C@H]3c2cc(O)cc(O)c2)cc1. The summed E-state index contributed by atoms with van der Waals surface area (Å²) in [6.45, 7) is 0. The Bertz CT molecular complexity index is 2260. The number of phenolic OH excluding ortho intramolecular Hbond substituents is 9. The summed E-state index contributed by atoms with van der Waals surface area (Å²) in [5.74, 6) is -2.89. The van der Waals surface area contributed by atoms with Crippen LogP contribution >= 0.6 is 0 Å². The lowest BCUT2D eigenvalue weighted by Crippen LogP contribution is -2.14. The zero-order chi connectivity index (χ0) is 37.1. The van der Waals surface area contributed by atoms with Gasteiger partial charge in [0.1, 0.15) is 52.5 Å². The molecule has 0 unspecified atom stereocenters. The molecule has 0 saturated heterocycles. The van der Waals surface area contributed by atoms with Crippen molar-refractivity contribution in [1.82, 2.24) is 0 Å². The first-order chi connectivity index (χ1) is 25.4. The molecule has 0 saturated carbocycles. The molecule has 6 aromatic rings. The minimum atomic E-state index is -0.853. The Labute approximate surface area is 302 Å². The lowest BCUT2D eigenvalue weighted by atomic mass is 9.77. The number of fused-ring (bicyclic) bond motifs is 2. The summed E-state index contributed by atoms with van der Waals surface area (Å²) in [7, 11) is 0. The molecule has 2 aliphatic rings. The van der Waals surface area contributed by atoms with Gasteiger partial charge in [-0.1, -0.05) is 36.4 Å². The van der Waals surface area contributed by atoms with Gasteiger partial charge in [0.15, 0.2) is 23.0 Å². The molecule has 266 valence electrons. The predicted octanol–water partition coefficient (Wildman–Crippen LogP) is 7.74. The second kappa shape index (κ2) is 12.6. The molecule has 2 aliphatic heterocycles. The van der Waals surface area contributed by atoms with Crippen LogP contribution in [0.4, 0.5) is 0 Å². The van der Waals surface area contributed by atoms with Crippen LogP contribution in [0.15, 0.2) is 103 Å². The number of hydrogen-bond donors (Lipinski definition) is 9. The molecule has 0 aromatic heterocycles. The van der Waals surface area contributed by atoms with E-state index in [1.807, 2.05) is 12.2 Å². The van der Waals surface area contributed by atoms with Gasteiger partial charge >= 0.3 is 0 Å². The topological polar surface area (TPSA) is 201 Å². The van der Waals surface area contributed by atoms with Crippen molar-refractivity contribution in [2.24, 2.45) is 0 Å². The molecule has 0 amide bonds. The molecule has 53 heavy (non-hydrogen) atoms. The van der Waals surface area contributed by atoms with Gasteiger partial charge in [0.25, 0.3) is 0 Å². The minimum Gasteiger partial charge on any atom is -0.508 e. The van der Waals surface area contributed by atoms with Gasteiger partial charge in [-0.2, -0.15) is 0 Å². The molecule has 2 heterocycles. The summed E-state index contributed by atoms with van der Waals surface area (Å²) in [6.07, 6.45) is 1.96. The Balaban J connectivity index is 1.42. The molecule has 0 fully saturated rings. The zero-order valence-electron chi connectivity index (χ0n) is 27.6. The van der Waals surface area contributed by atoms with Crippen molar-refractivity contribution in [2.75, 3.05) is 0 Å². The van der Waals surface area contributed by atoms with Crippen molar-refractivity contribution in [1.29, 1.82) is 0 Å². The molecular formula is C42H32O11. The molecule has 0 aliphatic carbocycles. The van der Waals surface area contributed by atoms with E-state index in [1.54, 1.807) is 42.5 Å². The van der Waals surface area contributed by atoms with Crippen LogP contribution in [0.3, 0.4) is 0 Å². The van der Waals surface area contributed by atoms with Gasteiger partial charge in [0, 0.05) is 29.3 Å². The number of ether oxygens (including phenoxy) is 2. The maximum atomic E-state index is 10.7. The van der Waals surface area contributed by atoms with E-state index in [2.05, 4.69) is 0 Å². The van der Waals surface area contributed by atoms with Gasteiger partial charge < -0.3 is 55.4 Å². The summed E-state index contributed by atoms with van der Waals surface area (Å²) >= 11 is 0. The minimum absolute atomic E-state index is 0.0814. The van der Waals surface area contributed by atoms with E-state index < -0.39 is 24.0 Å². The first-order valence-electron chi connectivity index (χ1n) is 16.5. The van der Waals surface area contributed by atoms with E-state index in [0.29, 0.717) is 50.4 Å². The smallest absolute Gasteiger partial charge is 0.157 e. The molecular weight excluding hydrogens is 680 g/mol. The van der Waals surface area contributed by atoms with E-state index in [9.17, 15) is 46.0 Å². The molecule has 11 heteroatoms. The fourth-order valence-electron chi connectivity index (χ4n) is 7.41. The number of aromatic hydroxyl groups is 9. The molecule has 9 N–H and O–H groups in total. The number of rotatable bonds is 6. The van der Waals surface area contributed by atoms with Crippen molar-refractivity contribution >= 4 is 12.2 Å². The maximum absolute atomic E-state index is 10.7. The second-order valence-electron chi connectivity index (χ2n) is 13.1. The van der Waals surface area contributed by atoms with Gasteiger partial charge in [-0.15, -0.1) is 0 Å². The van der Waals surface area contributed by atoms with Gasteiger partial charge in [-0.25, -0.2) is 0 Å². The summed E-state index contributed by atoms with van der Waals surface area (Å²) < 4.78 is 13.3. The van der Waals surface area contributed by atoms with Crippen LogP contribution in [0, 0.1) is 0 Å². The number of benzene rings is 6. The second-order valence-corrected chi connectivity index (χ2v) is 13.1. The van der Waals surface area contributed by atoms with E-state index in [4.69, 9.17) is 9.47 Å². The van der Waals surface area contributed by atoms with Crippen molar-refractivity contribution < 1.29 is 55.4 Å². The maximum Gasteiger partial charge on any atom is 0.157 e. The van der Waals surface area contributed by atoms with Crippen LogP contribution < -0.4 is 9.47 Å². The normalized spacial score (nSPS) is 18.7. The lowest BCUT2D eigenvalue weighted by Gasteiger charge is -2.24. The van der Waals surface area contributed by atoms with Gasteiger partial charge in [0.05, 0.1) is 11.8 Å². The third kappa shape index (κ3) is 5.93. The third-order valence-corrected chi connectivity index (χ3v) is 9.67. The number of hydrogen-bond acceptors (Lipinski definition) is 11. The Morgan fingerprint density at radius 2 is 0.811 bits per heavy atom. The first-order valence-corrected chi connectivity index (χ1v) is 16.5. The molecule has 0 spiro atoms. The zero-order valence-corrected chi connectivity index (χ0v) is 27.6. The van der Waals surface area contributed by atoms with Crippen LogP contribution in [-0.4, -0.2) is 46.0 Å². The summed E-state index contributed by atoms with van der Waals surface area (Å²) in [5, 5.41) is 93.9. The monoisotopic (exact) mass is 712 g/mol. The summed E-state index contributed by atoms with van der Waals surface area (Å²) in [5.41, 5.74) is 4.40. The molecule has 8 rings (SSSR count). The van der Waals surface area contributed by atoms with E-state index >= 15 is 0 Å². The average molecular weight is 713 g/mol. The van der Waals surface area contributed by atoms with Crippen LogP contribution in [0.25, 0.3) is 12.2 Å². The highest BCUT2D eigenvalue weighted by Gasteiger charge is 2.46. The Kier molecular flexibility index (Phi) is 7.83. The predicted molar refractivity (Wildman–Crippen MR) is 193 cm³/mol. The largest absolute Gasteiger partial charge is 0.508 e. The summed E-state index contributed by atoms with van der Waals surface area (Å²) in [6, 6.07) is 25.3. The van der Waals surface area contributed by atoms with Gasteiger partial charge in [0.2, 0.25) is 0 Å². The van der Waals surface area contributed by atoms with Crippen molar-refractivity contribution in [3.8, 4) is 63.2 Å². The van der Waals surface area contributed by atoms with Crippen molar-refractivity contribution in [3.63, 3.8) is 0 Å². The number of phenols is 9. The Hall–Kier alpha value is -7.14. The molecule has 0 radical (unpaired) electrons. The lowest BCUT2D eigenvalue weighted by molar-refractivity contribution is 0.212. The van der Waals surface area contributed by atoms with Crippen molar-refractivity contribution in [2.45, 2.75) is 24.0 Å². The van der Waals surface area contributed by atoms with Crippen LogP contribution in [-0.2, 0) is 0 Å². The van der Waals surface area contributed by atoms with E-state index in [0.717, 1.165) is 5.56 Å². The van der Waals surface area contributed by atoms with E-state index in [-0.39, 0.29) is 51.7 Å². The highest BCUT2D eigenvalue weighted by atomic mass is 16.5. The molecule has 0 bridgehead atoms. The fourth-order valence-corrected chi connectivity index (χ4v) is 7.41. The molecule has 11 nitrogen and oxygen atoms in total. The third-order valence-electron chi connectivity index (χ3n) is 9.67. The highest BCUT2D eigenvalue weighted by molar-refractivity contribution is 5.80. The van der Waals surface area contributed by atoms with Gasteiger partial charge in [-0.05, 0) is 94.0 Å². The average Bonchev–Trinajstić information content (AvgIpc) is 3.68. The van der Waals surface area contributed by atoms with Crippen LogP contribution in [0.5, 0.6) is 63.2 Å². The van der Waals surface area contributed by atoms with Crippen molar-refractivity contribution in [3.05, 3.63) is 148 Å². The summed E-state index contributed by atoms with van der Waals surface area (Å²) in [4.78, 5) is 0. The standard InChI is InChI=1S/C42H32O11/c43-25-6-1-20(2-7-25)3-8-30-39-35(52-41(21-4-9-31(48)33(50)15-21)37(39)23-11-26(44)17-27(45)12-23)19-36-40(30)38(24-13-28(46)18-29(47)14-24)42(53-36)22-5-10-32(49)34(51)16-22/h1-19,37-38,41-51H/b8-3-/t37-,38+,41+,42-. The van der Waals surface area contributed by atoms with Crippen LogP contribution in [0.2, 0.25) is 0 Å². The molecule has 6 aromatic carbocycles. The Morgan fingerprint density at radius 3 is 1.23 bits per heavy atom. The first kappa shape index (κ1) is 33.0. The van der Waals surface area contributed by atoms with Gasteiger partial charge in [-0.3, -0.25) is 0 Å². The van der Waals surface area contributed by atoms with Crippen LogP contribution in [0.1, 0.15) is 68.6 Å².